The van der Waals surface area contributed by atoms with Crippen molar-refractivity contribution >= 4 is 0 Å². The molecule has 0 aliphatic carbocycles. The minimum absolute atomic E-state index is 0.158. The molecular weight excluding hydrogens is 250 g/mol. The predicted molar refractivity (Wildman–Crippen MR) is 82.4 cm³/mol. The van der Waals surface area contributed by atoms with Crippen molar-refractivity contribution in [1.82, 2.24) is 5.32 Å². The van der Waals surface area contributed by atoms with Crippen molar-refractivity contribution in [3.05, 3.63) is 29.3 Å². The van der Waals surface area contributed by atoms with Gasteiger partial charge in [0.25, 0.3) is 0 Å². The van der Waals surface area contributed by atoms with Gasteiger partial charge in [0, 0.05) is 19.1 Å². The van der Waals surface area contributed by atoms with E-state index in [2.05, 4.69) is 44.3 Å². The summed E-state index contributed by atoms with van der Waals surface area (Å²) < 4.78 is 11.7. The molecule has 2 unspecified atom stereocenters. The minimum Gasteiger partial charge on any atom is -0.493 e. The van der Waals surface area contributed by atoms with Crippen molar-refractivity contribution in [2.24, 2.45) is 0 Å². The summed E-state index contributed by atoms with van der Waals surface area (Å²) in [6.45, 7) is 8.31. The van der Waals surface area contributed by atoms with E-state index in [1.807, 2.05) is 0 Å². The van der Waals surface area contributed by atoms with Crippen LogP contribution in [0.5, 0.6) is 5.75 Å². The second-order valence-electron chi connectivity index (χ2n) is 5.69. The van der Waals surface area contributed by atoms with E-state index in [1.54, 1.807) is 7.11 Å². The molecule has 3 heteroatoms. The lowest BCUT2D eigenvalue weighted by Gasteiger charge is -2.37. The van der Waals surface area contributed by atoms with Crippen molar-refractivity contribution in [2.45, 2.75) is 51.7 Å². The largest absolute Gasteiger partial charge is 0.493 e. The van der Waals surface area contributed by atoms with Crippen molar-refractivity contribution < 1.29 is 9.47 Å². The Morgan fingerprint density at radius 1 is 1.40 bits per heavy atom. The summed E-state index contributed by atoms with van der Waals surface area (Å²) in [5, 5.41) is 3.65. The first-order chi connectivity index (χ1) is 9.66. The lowest BCUT2D eigenvalue weighted by molar-refractivity contribution is -0.0304. The molecule has 0 saturated carbocycles. The van der Waals surface area contributed by atoms with Crippen molar-refractivity contribution in [3.8, 4) is 5.75 Å². The van der Waals surface area contributed by atoms with E-state index in [-0.39, 0.29) is 11.6 Å². The fraction of sp³-hybridized carbons (Fsp3) is 0.647. The summed E-state index contributed by atoms with van der Waals surface area (Å²) in [5.74, 6) is 1.07. The fourth-order valence-corrected chi connectivity index (χ4v) is 2.88. The molecule has 0 aromatic heterocycles. The summed E-state index contributed by atoms with van der Waals surface area (Å²) in [7, 11) is 1.80. The van der Waals surface area contributed by atoms with Gasteiger partial charge in [-0.3, -0.25) is 0 Å². The quantitative estimate of drug-likeness (QED) is 0.827. The highest BCUT2D eigenvalue weighted by molar-refractivity contribution is 5.46. The Bertz CT molecular complexity index is 441. The second kappa shape index (κ2) is 6.59. The summed E-state index contributed by atoms with van der Waals surface area (Å²) >= 11 is 0. The molecule has 2 rings (SSSR count). The van der Waals surface area contributed by atoms with Gasteiger partial charge in [-0.1, -0.05) is 32.0 Å². The number of hydrogen-bond donors (Lipinski definition) is 1. The van der Waals surface area contributed by atoms with E-state index in [4.69, 9.17) is 9.47 Å². The number of rotatable bonds is 7. The minimum atomic E-state index is -0.226. The highest BCUT2D eigenvalue weighted by atomic mass is 16.5. The first-order valence-corrected chi connectivity index (χ1v) is 7.69. The molecule has 1 aliphatic rings. The zero-order valence-corrected chi connectivity index (χ0v) is 13.2. The molecule has 1 aromatic carbocycles. The van der Waals surface area contributed by atoms with Gasteiger partial charge in [0.2, 0.25) is 0 Å². The van der Waals surface area contributed by atoms with E-state index >= 15 is 0 Å². The third-order valence-corrected chi connectivity index (χ3v) is 4.43. The van der Waals surface area contributed by atoms with Crippen LogP contribution < -0.4 is 10.1 Å². The smallest absolute Gasteiger partial charge is 0.127 e. The Morgan fingerprint density at radius 3 is 2.85 bits per heavy atom. The number of benzene rings is 1. The fourth-order valence-electron chi connectivity index (χ4n) is 2.88. The molecule has 0 fully saturated rings. The summed E-state index contributed by atoms with van der Waals surface area (Å²) in [6.07, 6.45) is 3.07. The van der Waals surface area contributed by atoms with Gasteiger partial charge in [-0.15, -0.1) is 0 Å². The molecule has 0 amide bonds. The summed E-state index contributed by atoms with van der Waals surface area (Å²) in [4.78, 5) is 0. The van der Waals surface area contributed by atoms with Crippen LogP contribution in [0.15, 0.2) is 18.2 Å². The molecule has 2 atom stereocenters. The number of para-hydroxylation sites is 1. The highest BCUT2D eigenvalue weighted by Crippen LogP contribution is 2.40. The van der Waals surface area contributed by atoms with Gasteiger partial charge < -0.3 is 14.8 Å². The molecule has 1 aromatic rings. The standard InChI is InChI=1S/C17H27NO2/c1-5-11-18-16(17(3,6-2)19-4)14-9-7-8-13-10-12-20-15(13)14/h7-9,16,18H,5-6,10-12H2,1-4H3. The number of hydrogen-bond acceptors (Lipinski definition) is 3. The molecule has 112 valence electrons. The van der Waals surface area contributed by atoms with Crippen molar-refractivity contribution in [1.29, 1.82) is 0 Å². The van der Waals surface area contributed by atoms with E-state index < -0.39 is 0 Å². The van der Waals surface area contributed by atoms with Crippen LogP contribution >= 0.6 is 0 Å². The monoisotopic (exact) mass is 277 g/mol. The van der Waals surface area contributed by atoms with Crippen LogP contribution in [-0.4, -0.2) is 25.9 Å². The molecule has 3 nitrogen and oxygen atoms in total. The molecule has 0 radical (unpaired) electrons. The van der Waals surface area contributed by atoms with E-state index in [0.29, 0.717) is 0 Å². The van der Waals surface area contributed by atoms with Gasteiger partial charge in [-0.2, -0.15) is 0 Å². The molecule has 1 N–H and O–H groups in total. The molecular formula is C17H27NO2. The molecule has 0 spiro atoms. The van der Waals surface area contributed by atoms with Crippen molar-refractivity contribution in [2.75, 3.05) is 20.3 Å². The second-order valence-corrected chi connectivity index (χ2v) is 5.69. The van der Waals surface area contributed by atoms with Crippen LogP contribution in [0.1, 0.15) is 50.8 Å². The third-order valence-electron chi connectivity index (χ3n) is 4.43. The highest BCUT2D eigenvalue weighted by Gasteiger charge is 2.36. The average Bonchev–Trinajstić information content (AvgIpc) is 2.96. The topological polar surface area (TPSA) is 30.5 Å². The van der Waals surface area contributed by atoms with Gasteiger partial charge in [-0.25, -0.2) is 0 Å². The van der Waals surface area contributed by atoms with Gasteiger partial charge in [-0.05, 0) is 31.9 Å². The molecule has 20 heavy (non-hydrogen) atoms. The van der Waals surface area contributed by atoms with Crippen LogP contribution in [-0.2, 0) is 11.2 Å². The Hall–Kier alpha value is -1.06. The van der Waals surface area contributed by atoms with Crippen molar-refractivity contribution in [3.63, 3.8) is 0 Å². The normalized spacial score (nSPS) is 18.2. The number of methoxy groups -OCH3 is 1. The van der Waals surface area contributed by atoms with Crippen LogP contribution in [0, 0.1) is 0 Å². The molecule has 1 heterocycles. The number of ether oxygens (including phenoxy) is 2. The third kappa shape index (κ3) is 2.84. The van der Waals surface area contributed by atoms with Gasteiger partial charge in [0.05, 0.1) is 18.2 Å². The first kappa shape index (κ1) is 15.3. The Labute approximate surface area is 122 Å². The lowest BCUT2D eigenvalue weighted by atomic mass is 9.86. The van der Waals surface area contributed by atoms with Crippen LogP contribution in [0.2, 0.25) is 0 Å². The molecule has 1 aliphatic heterocycles. The SMILES string of the molecule is CCCNC(c1cccc2c1OCC2)C(C)(CC)OC. The number of fused-ring (bicyclic) bond motifs is 1. The molecule has 0 saturated heterocycles. The Balaban J connectivity index is 2.39. The van der Waals surface area contributed by atoms with Gasteiger partial charge in [0.1, 0.15) is 5.75 Å². The van der Waals surface area contributed by atoms with E-state index in [9.17, 15) is 0 Å². The van der Waals surface area contributed by atoms with Gasteiger partial charge >= 0.3 is 0 Å². The van der Waals surface area contributed by atoms with Crippen LogP contribution in [0.25, 0.3) is 0 Å². The maximum absolute atomic E-state index is 5.88. The predicted octanol–water partition coefficient (Wildman–Crippen LogP) is 3.48. The molecule has 0 bridgehead atoms. The zero-order chi connectivity index (χ0) is 14.6. The Kier molecular flexibility index (Phi) is 5.06. The first-order valence-electron chi connectivity index (χ1n) is 7.69. The lowest BCUT2D eigenvalue weighted by Crippen LogP contribution is -2.43. The van der Waals surface area contributed by atoms with E-state index in [1.165, 1.54) is 11.1 Å². The maximum atomic E-state index is 5.88. The zero-order valence-electron chi connectivity index (χ0n) is 13.2. The average molecular weight is 277 g/mol. The Morgan fingerprint density at radius 2 is 2.20 bits per heavy atom. The van der Waals surface area contributed by atoms with Gasteiger partial charge in [0.15, 0.2) is 0 Å². The maximum Gasteiger partial charge on any atom is 0.127 e. The van der Waals surface area contributed by atoms with Crippen LogP contribution in [0.3, 0.4) is 0 Å². The number of nitrogens with one attached hydrogen (secondary N) is 1. The summed E-state index contributed by atoms with van der Waals surface area (Å²) in [5.41, 5.74) is 2.33. The van der Waals surface area contributed by atoms with E-state index in [0.717, 1.165) is 38.2 Å². The van der Waals surface area contributed by atoms with Crippen LogP contribution in [0.4, 0.5) is 0 Å². The summed E-state index contributed by atoms with van der Waals surface area (Å²) in [6, 6.07) is 6.63.